The van der Waals surface area contributed by atoms with E-state index in [0.29, 0.717) is 51.0 Å². The second-order valence-electron chi connectivity index (χ2n) is 22.8. The molecule has 1 aromatic rings. The average Bonchev–Trinajstić information content (AvgIpc) is 2.29. The third kappa shape index (κ3) is 15.7. The molecular weight excluding hydrogens is 1100 g/mol. The highest BCUT2D eigenvalue weighted by Gasteiger charge is 2.71. The standard InChI is InChI=1S/C54H78FN11O16.Al/c1-4-31(3)48(52(78)61-38-10-9-33-7-6-8-34-21-40(66(49(33)34)53(38)79)51(77)62-39-22-46(74)82-54(39)80-5-2)63-42(68)14-17-58-41(67)13-18-59-50(76)37(11-12-44(70)71)60-43(69)29-64-19-15-32(16-20-64)23-56-25-36-28-65(30-47(75)81-36)27-35(55)24-57-26-45(72)73;/h6-8,31-32,37-40,48,54,56-57H,4-5,9-30H2,1-3H3,(H,58,67)(H,59,76)(H,60,69)(H,61,78)(H,62,77)(H,63,68)(H,70,71)(H,72,73);/q;+1/p-1/t31-,37+,38-,39-,40-,48-,54+;/m0./s1. The molecule has 2 bridgehead atoms. The van der Waals surface area contributed by atoms with Gasteiger partial charge in [-0.25, -0.2) is 0 Å². The number of morpholine rings is 1. The number of ether oxygens (including phenoxy) is 3. The van der Waals surface area contributed by atoms with Crippen LogP contribution in [0.1, 0.15) is 89.7 Å². The van der Waals surface area contributed by atoms with Crippen LogP contribution in [0.15, 0.2) is 18.2 Å². The van der Waals surface area contributed by atoms with Crippen LogP contribution in [0.25, 0.3) is 0 Å². The molecule has 29 heteroatoms. The fourth-order valence-corrected chi connectivity index (χ4v) is 15.7. The number of hydrogen-bond acceptors (Lipinski definition) is 19. The predicted molar refractivity (Wildman–Crippen MR) is 291 cm³/mol. The van der Waals surface area contributed by atoms with E-state index < -0.39 is 132 Å². The van der Waals surface area contributed by atoms with Crippen LogP contribution in [0.2, 0.25) is 0 Å². The molecule has 8 rings (SSSR count). The van der Waals surface area contributed by atoms with Gasteiger partial charge in [0, 0.05) is 71.6 Å². The maximum Gasteiger partial charge on any atom is 0.643 e. The fraction of sp³-hybridized carbons (Fsp3) is 0.685. The molecule has 9 N–H and O–H groups in total. The third-order valence-electron chi connectivity index (χ3n) is 16.5. The molecule has 10 atom stereocenters. The van der Waals surface area contributed by atoms with Crippen LogP contribution in [0.3, 0.4) is 0 Å². The summed E-state index contributed by atoms with van der Waals surface area (Å²) in [6.07, 6.45) is 0.558. The average molecular weight is 1180 g/mol. The van der Waals surface area contributed by atoms with Gasteiger partial charge in [-0.3, -0.25) is 71.8 Å². The molecule has 83 heavy (non-hydrogen) atoms. The maximum atomic E-state index is 16.4. The van der Waals surface area contributed by atoms with E-state index >= 15 is 4.39 Å². The van der Waals surface area contributed by atoms with Gasteiger partial charge in [0.25, 0.3) is 5.97 Å². The summed E-state index contributed by atoms with van der Waals surface area (Å²) in [5.74, 6) is -6.85. The van der Waals surface area contributed by atoms with Gasteiger partial charge in [0.1, 0.15) is 39.2 Å². The number of esters is 2. The summed E-state index contributed by atoms with van der Waals surface area (Å²) in [5.41, 5.74) is 2.23. The Morgan fingerprint density at radius 2 is 1.63 bits per heavy atom. The summed E-state index contributed by atoms with van der Waals surface area (Å²) in [5, 5.41) is 31.8. The first-order valence-corrected chi connectivity index (χ1v) is 30.5. The van der Waals surface area contributed by atoms with Crippen molar-refractivity contribution in [2.24, 2.45) is 11.8 Å². The van der Waals surface area contributed by atoms with E-state index in [-0.39, 0.29) is 116 Å². The van der Waals surface area contributed by atoms with Crippen LogP contribution in [0, 0.1) is 11.8 Å². The van der Waals surface area contributed by atoms with Crippen LogP contribution in [-0.4, -0.2) is 225 Å². The Kier molecular flexibility index (Phi) is 21.2. The Hall–Kier alpha value is -6.35. The van der Waals surface area contributed by atoms with E-state index in [0.717, 1.165) is 11.1 Å². The molecule has 5 saturated heterocycles. The lowest BCUT2D eigenvalue weighted by Crippen LogP contribution is -2.79. The van der Waals surface area contributed by atoms with Gasteiger partial charge < -0.3 is 65.6 Å². The Balaban J connectivity index is 0.747. The maximum absolute atomic E-state index is 16.4. The summed E-state index contributed by atoms with van der Waals surface area (Å²) >= 11 is -3.11. The lowest BCUT2D eigenvalue weighted by atomic mass is 9.96. The van der Waals surface area contributed by atoms with Gasteiger partial charge in [0.15, 0.2) is 0 Å². The number of cyclic esters (lactones) is 1. The van der Waals surface area contributed by atoms with E-state index in [1.54, 1.807) is 18.7 Å². The number of hydrogen-bond donors (Lipinski definition) is 9. The Morgan fingerprint density at radius 1 is 0.880 bits per heavy atom. The molecule has 454 valence electrons. The molecule has 7 amide bonds. The number of para-hydroxylation sites is 1. The number of rotatable bonds is 26. The number of nitrogens with zero attached hydrogens (tertiary/aromatic N) is 3. The van der Waals surface area contributed by atoms with E-state index in [1.165, 1.54) is 4.90 Å². The van der Waals surface area contributed by atoms with Crippen molar-refractivity contribution < 1.29 is 80.2 Å². The van der Waals surface area contributed by atoms with Crippen molar-refractivity contribution >= 4 is 85.4 Å². The number of alkyl halides is 1. The molecule has 0 saturated carbocycles. The first-order valence-electron chi connectivity index (χ1n) is 28.8. The van der Waals surface area contributed by atoms with Gasteiger partial charge in [-0.2, -0.15) is 0 Å². The summed E-state index contributed by atoms with van der Waals surface area (Å²) < 4.78 is 35.5. The number of aliphatic carboxylic acids is 1. The number of likely N-dealkylation sites (tertiary alicyclic amines) is 1. The first kappa shape index (κ1) is 62.7. The SMILES string of the molecule is CCO[C@@H]1OC(=O)C[C@@H]1NC(=O)[C@@H]1Cc2cccc3c2N1C(=O)[C@@H](NC(=O)[C@@H](NC(=O)CCNC(=O)CCNC(=O)[C@@H](CCC(=O)O)NC(=O)CN1CCC(CNC[C]24CN(CC(=O)O2)C[C]2(F)CNCC(=O)[O][Al]24)CC1)[C@@H](C)CC)CC3. The lowest BCUT2D eigenvalue weighted by Gasteiger charge is -2.51. The second kappa shape index (κ2) is 28.0. The number of fused-ring (bicyclic) bond motifs is 4. The Morgan fingerprint density at radius 3 is 2.37 bits per heavy atom. The molecule has 7 heterocycles. The zero-order valence-electron chi connectivity index (χ0n) is 47.2. The van der Waals surface area contributed by atoms with E-state index in [9.17, 15) is 57.8 Å². The molecule has 5 fully saturated rings. The second-order valence-corrected chi connectivity index (χ2v) is 25.8. The minimum Gasteiger partial charge on any atom is -0.612 e. The van der Waals surface area contributed by atoms with Crippen molar-refractivity contribution in [1.29, 1.82) is 0 Å². The van der Waals surface area contributed by atoms with Gasteiger partial charge in [-0.05, 0) is 81.6 Å². The number of carboxylic acid groups (broad SMARTS) is 1. The van der Waals surface area contributed by atoms with Crippen molar-refractivity contribution in [3.63, 3.8) is 0 Å². The molecule has 1 aromatic carbocycles. The highest BCUT2D eigenvalue weighted by Crippen LogP contribution is 2.40. The first-order chi connectivity index (χ1) is 39.7. The molecule has 7 aliphatic rings. The Bertz CT molecular complexity index is 2650. The number of carbonyl (C=O) groups is 11. The molecule has 0 aromatic heterocycles. The van der Waals surface area contributed by atoms with E-state index in [4.69, 9.17) is 18.0 Å². The number of benzene rings is 1. The molecule has 0 radical (unpaired) electrons. The number of amides is 7. The largest absolute Gasteiger partial charge is 0.643 e. The number of carboxylic acids is 1. The molecule has 0 aliphatic carbocycles. The molecule has 3 unspecified atom stereocenters. The monoisotopic (exact) mass is 1180 g/mol. The quantitative estimate of drug-likeness (QED) is 0.0328. The molecule has 0 spiro atoms. The van der Waals surface area contributed by atoms with Crippen molar-refractivity contribution in [1.82, 2.24) is 52.3 Å². The molecule has 7 aliphatic heterocycles. The van der Waals surface area contributed by atoms with Crippen molar-refractivity contribution in [3.8, 4) is 0 Å². The topological polar surface area (TPSA) is 351 Å². The van der Waals surface area contributed by atoms with Crippen LogP contribution in [-0.2, 0) is 83.6 Å². The van der Waals surface area contributed by atoms with Crippen LogP contribution >= 0.6 is 0 Å². The number of carbonyl (C=O) groups excluding carboxylic acids is 10. The summed E-state index contributed by atoms with van der Waals surface area (Å²) in [6.45, 7) is 6.95. The smallest absolute Gasteiger partial charge is 0.612 e. The minimum atomic E-state index is -3.11. The fourth-order valence-electron chi connectivity index (χ4n) is 12.2. The van der Waals surface area contributed by atoms with Crippen molar-refractivity contribution in [2.75, 3.05) is 90.0 Å². The minimum absolute atomic E-state index is 0.0160. The lowest BCUT2D eigenvalue weighted by molar-refractivity contribution is -0.171. The molecular formula is C54H77AlFN11O16. The van der Waals surface area contributed by atoms with Crippen LogP contribution in [0.5, 0.6) is 0 Å². The summed E-state index contributed by atoms with van der Waals surface area (Å²) in [6, 6.07) is 0.499. The zero-order chi connectivity index (χ0) is 59.6. The molecule has 27 nitrogen and oxygen atoms in total. The predicted octanol–water partition coefficient (Wildman–Crippen LogP) is -3.10. The van der Waals surface area contributed by atoms with Gasteiger partial charge in [0.2, 0.25) is 47.6 Å². The number of anilines is 1. The third-order valence-corrected chi connectivity index (χ3v) is 19.8. The number of piperidine rings is 1. The normalized spacial score (nSPS) is 27.0. The van der Waals surface area contributed by atoms with Gasteiger partial charge >= 0.3 is 32.4 Å². The highest BCUT2D eigenvalue weighted by molar-refractivity contribution is 6.61. The number of halogens is 1. The van der Waals surface area contributed by atoms with Crippen LogP contribution in [0.4, 0.5) is 10.1 Å². The Labute approximate surface area is 484 Å². The van der Waals surface area contributed by atoms with Gasteiger partial charge in [0.05, 0.1) is 31.7 Å². The van der Waals surface area contributed by atoms with Gasteiger partial charge in [-0.1, -0.05) is 38.5 Å². The number of aryl methyl sites for hydroxylation is 1. The van der Waals surface area contributed by atoms with Gasteiger partial charge in [-0.15, -0.1) is 0 Å². The highest BCUT2D eigenvalue weighted by atomic mass is 27.2. The van der Waals surface area contributed by atoms with E-state index in [1.807, 2.05) is 30.0 Å². The van der Waals surface area contributed by atoms with Crippen LogP contribution < -0.4 is 47.4 Å². The van der Waals surface area contributed by atoms with E-state index in [2.05, 4.69) is 42.5 Å². The zero-order valence-corrected chi connectivity index (χ0v) is 48.3. The summed E-state index contributed by atoms with van der Waals surface area (Å²) in [4.78, 5) is 149. The van der Waals surface area contributed by atoms with Crippen molar-refractivity contribution in [2.45, 2.75) is 137 Å². The number of nitrogens with one attached hydrogen (secondary N) is 8. The summed E-state index contributed by atoms with van der Waals surface area (Å²) in [7, 11) is 0. The van der Waals surface area contributed by atoms with Crippen molar-refractivity contribution in [3.05, 3.63) is 29.3 Å².